The van der Waals surface area contributed by atoms with Crippen molar-refractivity contribution in [1.82, 2.24) is 10.3 Å². The van der Waals surface area contributed by atoms with Crippen LogP contribution in [0.2, 0.25) is 0 Å². The van der Waals surface area contributed by atoms with Crippen molar-refractivity contribution in [2.45, 2.75) is 50.6 Å². The summed E-state index contributed by atoms with van der Waals surface area (Å²) in [5, 5.41) is 13.7. The van der Waals surface area contributed by atoms with Crippen LogP contribution in [0.5, 0.6) is 5.19 Å². The van der Waals surface area contributed by atoms with Crippen molar-refractivity contribution >= 4 is 34.8 Å². The Labute approximate surface area is 203 Å². The molecule has 0 bridgehead atoms. The van der Waals surface area contributed by atoms with Crippen molar-refractivity contribution in [2.24, 2.45) is 5.92 Å². The molecule has 12 heteroatoms. The van der Waals surface area contributed by atoms with Crippen LogP contribution < -0.4 is 15.4 Å². The van der Waals surface area contributed by atoms with E-state index >= 15 is 0 Å². The molecule has 1 aromatic carbocycles. The molecule has 1 fully saturated rings. The summed E-state index contributed by atoms with van der Waals surface area (Å²) < 4.78 is 43.9. The van der Waals surface area contributed by atoms with Crippen LogP contribution in [0.3, 0.4) is 0 Å². The van der Waals surface area contributed by atoms with Crippen molar-refractivity contribution in [2.75, 3.05) is 19.0 Å². The molecule has 2 amide bonds. The Morgan fingerprint density at radius 2 is 1.80 bits per heavy atom. The lowest BCUT2D eigenvalue weighted by molar-refractivity contribution is -0.141. The van der Waals surface area contributed by atoms with Gasteiger partial charge < -0.3 is 20.5 Å². The number of carbonyl (C=O) groups excluding carboxylic acids is 2. The van der Waals surface area contributed by atoms with E-state index in [0.29, 0.717) is 22.9 Å². The first-order valence-electron chi connectivity index (χ1n) is 11.1. The summed E-state index contributed by atoms with van der Waals surface area (Å²) in [6.45, 7) is -0.153. The molecule has 3 rings (SSSR count). The summed E-state index contributed by atoms with van der Waals surface area (Å²) in [5.74, 6) is -1.56. The fourth-order valence-electron chi connectivity index (χ4n) is 4.11. The fraction of sp³-hybridized carbons (Fsp3) is 0.478. The highest BCUT2D eigenvalue weighted by atomic mass is 32.1. The Morgan fingerprint density at radius 1 is 1.14 bits per heavy atom. The predicted octanol–water partition coefficient (Wildman–Crippen LogP) is 4.68. The van der Waals surface area contributed by atoms with Crippen molar-refractivity contribution in [3.63, 3.8) is 0 Å². The second-order valence-electron chi connectivity index (χ2n) is 8.35. The number of methoxy groups -OCH3 is 1. The van der Waals surface area contributed by atoms with Gasteiger partial charge in [0.05, 0.1) is 7.11 Å². The minimum absolute atomic E-state index is 0.127. The number of anilines is 1. The molecular formula is C23H26F3N3O5S. The van der Waals surface area contributed by atoms with E-state index in [-0.39, 0.29) is 30.5 Å². The zero-order chi connectivity index (χ0) is 25.6. The lowest BCUT2D eigenvalue weighted by atomic mass is 9.77. The number of ether oxygens (including phenoxy) is 1. The van der Waals surface area contributed by atoms with Crippen LogP contribution in [0.1, 0.15) is 65.4 Å². The van der Waals surface area contributed by atoms with Gasteiger partial charge in [0.1, 0.15) is 4.88 Å². The molecule has 1 aliphatic rings. The van der Waals surface area contributed by atoms with E-state index in [0.717, 1.165) is 38.4 Å². The average molecular weight is 514 g/mol. The topological polar surface area (TPSA) is 118 Å². The molecule has 190 valence electrons. The van der Waals surface area contributed by atoms with E-state index in [1.54, 1.807) is 12.1 Å². The van der Waals surface area contributed by atoms with Gasteiger partial charge in [-0.15, -0.1) is 0 Å². The molecule has 8 nitrogen and oxygen atoms in total. The van der Waals surface area contributed by atoms with Gasteiger partial charge in [0, 0.05) is 25.1 Å². The number of aromatic nitrogens is 1. The first-order valence-corrected chi connectivity index (χ1v) is 11.9. The van der Waals surface area contributed by atoms with Crippen LogP contribution in [-0.2, 0) is 15.8 Å². The van der Waals surface area contributed by atoms with Crippen LogP contribution >= 0.6 is 11.3 Å². The zero-order valence-electron chi connectivity index (χ0n) is 19.0. The first kappa shape index (κ1) is 26.5. The van der Waals surface area contributed by atoms with E-state index in [4.69, 9.17) is 9.84 Å². The molecule has 1 heterocycles. The number of alkyl halides is 3. The lowest BCUT2D eigenvalue weighted by Crippen LogP contribution is -2.28. The second kappa shape index (κ2) is 11.5. The van der Waals surface area contributed by atoms with Gasteiger partial charge in [-0.1, -0.05) is 23.5 Å². The molecule has 3 N–H and O–H groups in total. The van der Waals surface area contributed by atoms with Crippen molar-refractivity contribution in [3.05, 3.63) is 40.4 Å². The van der Waals surface area contributed by atoms with Crippen LogP contribution in [0.25, 0.3) is 0 Å². The summed E-state index contributed by atoms with van der Waals surface area (Å²) >= 11 is 0.479. The molecular weight excluding hydrogens is 487 g/mol. The average Bonchev–Trinajstić information content (AvgIpc) is 3.25. The normalized spacial score (nSPS) is 18.1. The number of carbonyl (C=O) groups is 3. The number of carboxylic acids is 1. The van der Waals surface area contributed by atoms with E-state index < -0.39 is 34.5 Å². The molecule has 0 radical (unpaired) electrons. The molecule has 0 saturated heterocycles. The van der Waals surface area contributed by atoms with Gasteiger partial charge in [-0.25, -0.2) is 0 Å². The molecule has 1 aromatic heterocycles. The largest absolute Gasteiger partial charge is 0.481 e. The van der Waals surface area contributed by atoms with Crippen molar-refractivity contribution in [3.8, 4) is 5.19 Å². The van der Waals surface area contributed by atoms with Crippen LogP contribution in [0, 0.1) is 5.92 Å². The SMILES string of the molecule is COc1nc(C(F)(F)F)c(C(=O)NCCC(=O)Nc2ccc([C@H]3CC[C@H](CC(=O)O)CC3)cc2)s1. The van der Waals surface area contributed by atoms with Crippen LogP contribution in [-0.4, -0.2) is 41.5 Å². The third-order valence-electron chi connectivity index (χ3n) is 5.87. The highest BCUT2D eigenvalue weighted by Gasteiger charge is 2.40. The maximum Gasteiger partial charge on any atom is 0.435 e. The van der Waals surface area contributed by atoms with Crippen LogP contribution in [0.15, 0.2) is 24.3 Å². The second-order valence-corrected chi connectivity index (χ2v) is 9.31. The maximum atomic E-state index is 13.1. The third kappa shape index (κ3) is 7.41. The standard InChI is InChI=1S/C23H26F3N3O5S/c1-34-22-29-20(23(24,25)26)19(35-22)21(33)27-11-10-17(30)28-16-8-6-15(7-9-16)14-4-2-13(3-5-14)12-18(31)32/h6-9,13-14H,2-5,10-12H2,1H3,(H,27,33)(H,28,30)(H,31,32)/t13-,14-. The van der Waals surface area contributed by atoms with Gasteiger partial charge in [0.2, 0.25) is 5.91 Å². The highest BCUT2D eigenvalue weighted by Crippen LogP contribution is 2.38. The van der Waals surface area contributed by atoms with Gasteiger partial charge in [-0.3, -0.25) is 14.4 Å². The quantitative estimate of drug-likeness (QED) is 0.448. The fourth-order valence-corrected chi connectivity index (χ4v) is 4.93. The molecule has 1 aliphatic carbocycles. The molecule has 0 unspecified atom stereocenters. The monoisotopic (exact) mass is 513 g/mol. The highest BCUT2D eigenvalue weighted by molar-refractivity contribution is 7.15. The van der Waals surface area contributed by atoms with Crippen molar-refractivity contribution < 1.29 is 37.4 Å². The zero-order valence-corrected chi connectivity index (χ0v) is 19.8. The number of hydrogen-bond acceptors (Lipinski definition) is 6. The molecule has 0 aliphatic heterocycles. The Hall–Kier alpha value is -3.15. The van der Waals surface area contributed by atoms with E-state index in [9.17, 15) is 27.6 Å². The van der Waals surface area contributed by atoms with Crippen molar-refractivity contribution in [1.29, 1.82) is 0 Å². The maximum absolute atomic E-state index is 13.1. The smallest absolute Gasteiger partial charge is 0.435 e. The number of amides is 2. The number of thiazole rings is 1. The molecule has 35 heavy (non-hydrogen) atoms. The molecule has 0 spiro atoms. The van der Waals surface area contributed by atoms with Crippen LogP contribution in [0.4, 0.5) is 18.9 Å². The van der Waals surface area contributed by atoms with Gasteiger partial charge in [0.15, 0.2) is 5.69 Å². The summed E-state index contributed by atoms with van der Waals surface area (Å²) in [6.07, 6.45) is -1.13. The molecule has 2 aromatic rings. The van der Waals surface area contributed by atoms with E-state index in [1.165, 1.54) is 0 Å². The molecule has 1 saturated carbocycles. The minimum atomic E-state index is -4.80. The number of hydrogen-bond donors (Lipinski definition) is 3. The number of benzene rings is 1. The van der Waals surface area contributed by atoms with Gasteiger partial charge in [-0.05, 0) is 55.2 Å². The third-order valence-corrected chi connectivity index (χ3v) is 6.89. The summed E-state index contributed by atoms with van der Waals surface area (Å²) in [5.41, 5.74) is 0.373. The Kier molecular flexibility index (Phi) is 8.71. The predicted molar refractivity (Wildman–Crippen MR) is 123 cm³/mol. The first-order chi connectivity index (χ1) is 16.6. The number of aliphatic carboxylic acids is 1. The summed E-state index contributed by atoms with van der Waals surface area (Å²) in [6, 6.07) is 7.40. The van der Waals surface area contributed by atoms with E-state index in [2.05, 4.69) is 15.6 Å². The summed E-state index contributed by atoms with van der Waals surface area (Å²) in [4.78, 5) is 37.9. The number of nitrogens with zero attached hydrogens (tertiary/aromatic N) is 1. The van der Waals surface area contributed by atoms with Gasteiger partial charge in [-0.2, -0.15) is 18.2 Å². The van der Waals surface area contributed by atoms with Gasteiger partial charge in [0.25, 0.3) is 11.1 Å². The van der Waals surface area contributed by atoms with Gasteiger partial charge >= 0.3 is 12.1 Å². The lowest BCUT2D eigenvalue weighted by Gasteiger charge is -2.28. The Morgan fingerprint density at radius 3 is 2.37 bits per heavy atom. The Bertz CT molecular complexity index is 1050. The van der Waals surface area contributed by atoms with E-state index in [1.807, 2.05) is 12.1 Å². The molecule has 0 atom stereocenters. The number of nitrogens with one attached hydrogen (secondary N) is 2. The Balaban J connectivity index is 1.46. The number of halogens is 3. The minimum Gasteiger partial charge on any atom is -0.481 e. The number of rotatable bonds is 9. The summed E-state index contributed by atoms with van der Waals surface area (Å²) in [7, 11) is 1.16. The number of carboxylic acid groups (broad SMARTS) is 1.